The summed E-state index contributed by atoms with van der Waals surface area (Å²) in [7, 11) is 0. The van der Waals surface area contributed by atoms with Gasteiger partial charge in [-0.2, -0.15) is 4.57 Å². The van der Waals surface area contributed by atoms with E-state index in [1.165, 1.54) is 25.8 Å². The molecule has 4 rings (SSSR count). The number of thioether (sulfide) groups is 1. The van der Waals surface area contributed by atoms with Crippen LogP contribution in [0.2, 0.25) is 0 Å². The van der Waals surface area contributed by atoms with Crippen LogP contribution in [0.5, 0.6) is 0 Å². The molecule has 134 valence electrons. The first-order chi connectivity index (χ1) is 13.3. The summed E-state index contributed by atoms with van der Waals surface area (Å²) in [6.45, 7) is 9.43. The second kappa shape index (κ2) is 8.01. The van der Waals surface area contributed by atoms with Gasteiger partial charge >= 0.3 is 0 Å². The van der Waals surface area contributed by atoms with Crippen molar-refractivity contribution in [2.24, 2.45) is 0 Å². The molecule has 2 aromatic carbocycles. The highest BCUT2D eigenvalue weighted by atomic mass is 32.2. The van der Waals surface area contributed by atoms with E-state index < -0.39 is 0 Å². The minimum absolute atomic E-state index is 0.791. The van der Waals surface area contributed by atoms with E-state index in [1.807, 2.05) is 23.5 Å². The van der Waals surface area contributed by atoms with E-state index >= 15 is 0 Å². The van der Waals surface area contributed by atoms with Crippen LogP contribution in [0.15, 0.2) is 95.6 Å². The first-order valence-corrected chi connectivity index (χ1v) is 10.6. The highest BCUT2D eigenvalue weighted by molar-refractivity contribution is 8.03. The number of thiazole rings is 1. The molecule has 0 amide bonds. The van der Waals surface area contributed by atoms with Crippen LogP contribution in [-0.4, -0.2) is 6.54 Å². The van der Waals surface area contributed by atoms with Crippen molar-refractivity contribution in [2.75, 3.05) is 11.4 Å². The Hall–Kier alpha value is -2.52. The Morgan fingerprint density at radius 2 is 1.85 bits per heavy atom. The zero-order chi connectivity index (χ0) is 18.6. The fourth-order valence-corrected chi connectivity index (χ4v) is 5.44. The van der Waals surface area contributed by atoms with Crippen LogP contribution >= 0.6 is 23.1 Å². The van der Waals surface area contributed by atoms with Crippen molar-refractivity contribution in [2.45, 2.75) is 17.9 Å². The fraction of sp³-hybridized carbons (Fsp3) is 0.130. The summed E-state index contributed by atoms with van der Waals surface area (Å²) in [6.07, 6.45) is 6.90. The van der Waals surface area contributed by atoms with Crippen molar-refractivity contribution in [1.29, 1.82) is 0 Å². The Labute approximate surface area is 168 Å². The minimum atomic E-state index is 0.791. The lowest BCUT2D eigenvalue weighted by atomic mass is 10.3. The Balaban J connectivity index is 1.65. The quantitative estimate of drug-likeness (QED) is 0.303. The van der Waals surface area contributed by atoms with Gasteiger partial charge in [0.1, 0.15) is 9.73 Å². The zero-order valence-electron chi connectivity index (χ0n) is 15.1. The SMILES string of the molecule is C=CCN1C(=C=CCc2sc3ccccc3[n+]2CC=C)Sc2ccccc21. The van der Waals surface area contributed by atoms with Gasteiger partial charge in [0.25, 0.3) is 0 Å². The average Bonchev–Trinajstić information content (AvgIpc) is 3.21. The van der Waals surface area contributed by atoms with Crippen molar-refractivity contribution < 1.29 is 4.57 Å². The molecule has 0 saturated carbocycles. The van der Waals surface area contributed by atoms with E-state index in [0.29, 0.717) is 0 Å². The van der Waals surface area contributed by atoms with Crippen LogP contribution in [-0.2, 0) is 13.0 Å². The molecule has 0 unspecified atom stereocenters. The third kappa shape index (κ3) is 3.52. The molecular formula is C23H21N2S2+. The van der Waals surface area contributed by atoms with Crippen molar-refractivity contribution in [1.82, 2.24) is 0 Å². The molecule has 1 aliphatic heterocycles. The maximum Gasteiger partial charge on any atom is 0.243 e. The molecule has 0 saturated heterocycles. The number of hydrogen-bond donors (Lipinski definition) is 0. The summed E-state index contributed by atoms with van der Waals surface area (Å²) in [5.41, 5.74) is 6.04. The molecule has 0 atom stereocenters. The monoisotopic (exact) mass is 389 g/mol. The molecule has 1 aliphatic rings. The molecule has 3 aromatic rings. The van der Waals surface area contributed by atoms with Crippen molar-refractivity contribution in [3.05, 3.63) is 95.7 Å². The van der Waals surface area contributed by atoms with E-state index in [-0.39, 0.29) is 0 Å². The maximum atomic E-state index is 3.91. The molecule has 0 bridgehead atoms. The molecular weight excluding hydrogens is 368 g/mol. The normalized spacial score (nSPS) is 12.7. The number of fused-ring (bicyclic) bond motifs is 2. The molecule has 0 N–H and O–H groups in total. The number of anilines is 1. The van der Waals surface area contributed by atoms with Crippen LogP contribution in [0.4, 0.5) is 5.69 Å². The summed E-state index contributed by atoms with van der Waals surface area (Å²) in [4.78, 5) is 3.55. The molecule has 2 nitrogen and oxygen atoms in total. The Morgan fingerprint density at radius 1 is 1.04 bits per heavy atom. The molecule has 27 heavy (non-hydrogen) atoms. The third-order valence-electron chi connectivity index (χ3n) is 4.42. The van der Waals surface area contributed by atoms with E-state index in [9.17, 15) is 0 Å². The van der Waals surface area contributed by atoms with Crippen LogP contribution in [0.1, 0.15) is 5.01 Å². The second-order valence-electron chi connectivity index (χ2n) is 6.19. The minimum Gasteiger partial charge on any atom is -0.325 e. The summed E-state index contributed by atoms with van der Waals surface area (Å²) in [5.74, 6) is 0. The van der Waals surface area contributed by atoms with Gasteiger partial charge in [-0.25, -0.2) is 0 Å². The Morgan fingerprint density at radius 3 is 2.70 bits per heavy atom. The van der Waals surface area contributed by atoms with Crippen molar-refractivity contribution in [3.63, 3.8) is 0 Å². The number of allylic oxidation sites excluding steroid dienone is 2. The highest BCUT2D eigenvalue weighted by Crippen LogP contribution is 2.45. The maximum absolute atomic E-state index is 3.91. The van der Waals surface area contributed by atoms with Gasteiger partial charge in [0, 0.05) is 17.5 Å². The summed E-state index contributed by atoms with van der Waals surface area (Å²) in [5, 5.41) is 2.45. The topological polar surface area (TPSA) is 7.12 Å². The first-order valence-electron chi connectivity index (χ1n) is 8.93. The van der Waals surface area contributed by atoms with Crippen LogP contribution in [0, 0.1) is 0 Å². The lowest BCUT2D eigenvalue weighted by Gasteiger charge is -2.16. The van der Waals surface area contributed by atoms with Crippen LogP contribution < -0.4 is 9.47 Å². The third-order valence-corrected chi connectivity index (χ3v) is 6.70. The molecule has 4 heteroatoms. The number of benzene rings is 2. The van der Waals surface area contributed by atoms with Crippen LogP contribution in [0.25, 0.3) is 10.2 Å². The number of aromatic nitrogens is 1. The van der Waals surface area contributed by atoms with E-state index in [2.05, 4.69) is 83.0 Å². The molecule has 0 radical (unpaired) electrons. The van der Waals surface area contributed by atoms with Gasteiger partial charge in [-0.1, -0.05) is 65.8 Å². The van der Waals surface area contributed by atoms with Gasteiger partial charge in [0.05, 0.1) is 12.1 Å². The lowest BCUT2D eigenvalue weighted by Crippen LogP contribution is -2.35. The lowest BCUT2D eigenvalue weighted by molar-refractivity contribution is -0.663. The Kier molecular flexibility index (Phi) is 5.30. The van der Waals surface area contributed by atoms with E-state index in [1.54, 1.807) is 11.8 Å². The second-order valence-corrected chi connectivity index (χ2v) is 8.34. The van der Waals surface area contributed by atoms with Crippen molar-refractivity contribution in [3.8, 4) is 0 Å². The van der Waals surface area contributed by atoms with E-state index in [0.717, 1.165) is 24.5 Å². The molecule has 0 aliphatic carbocycles. The van der Waals surface area contributed by atoms with Gasteiger partial charge < -0.3 is 4.90 Å². The van der Waals surface area contributed by atoms with Gasteiger partial charge in [-0.05, 0) is 30.4 Å². The van der Waals surface area contributed by atoms with Crippen molar-refractivity contribution >= 4 is 39.0 Å². The number of hydrogen-bond acceptors (Lipinski definition) is 3. The number of rotatable bonds is 6. The summed E-state index contributed by atoms with van der Waals surface area (Å²) < 4.78 is 3.65. The van der Waals surface area contributed by atoms with Crippen LogP contribution in [0.3, 0.4) is 0 Å². The molecule has 1 aromatic heterocycles. The fourth-order valence-electron chi connectivity index (χ4n) is 3.24. The van der Waals surface area contributed by atoms with E-state index in [4.69, 9.17) is 0 Å². The Bertz CT molecular complexity index is 1070. The van der Waals surface area contributed by atoms with Gasteiger partial charge in [-0.3, -0.25) is 0 Å². The summed E-state index contributed by atoms with van der Waals surface area (Å²) in [6, 6.07) is 17.0. The number of para-hydroxylation sites is 2. The summed E-state index contributed by atoms with van der Waals surface area (Å²) >= 11 is 3.61. The zero-order valence-corrected chi connectivity index (χ0v) is 16.7. The predicted molar refractivity (Wildman–Crippen MR) is 117 cm³/mol. The van der Waals surface area contributed by atoms with Gasteiger partial charge in [0.2, 0.25) is 10.5 Å². The predicted octanol–water partition coefficient (Wildman–Crippen LogP) is 5.71. The standard InChI is InChI=1S/C23H21N2S2/c1-3-16-24-18-10-5-7-12-20(18)26-22(24)14-9-15-23-25(17-4-2)19-11-6-8-13-21(19)27-23/h3-13H,1-2,14,16-17H2/q+1. The molecule has 2 heterocycles. The van der Waals surface area contributed by atoms with Gasteiger partial charge in [-0.15, -0.1) is 6.58 Å². The van der Waals surface area contributed by atoms with Gasteiger partial charge in [0.15, 0.2) is 6.54 Å². The number of nitrogens with zero attached hydrogens (tertiary/aromatic N) is 2. The first kappa shape index (κ1) is 17.9. The molecule has 0 fully saturated rings. The largest absolute Gasteiger partial charge is 0.325 e. The highest BCUT2D eigenvalue weighted by Gasteiger charge is 2.23. The average molecular weight is 390 g/mol. The molecule has 0 spiro atoms. The smallest absolute Gasteiger partial charge is 0.243 e.